The van der Waals surface area contributed by atoms with Crippen molar-refractivity contribution in [3.05, 3.63) is 39.2 Å². The summed E-state index contributed by atoms with van der Waals surface area (Å²) in [5.41, 5.74) is 1.72. The molecule has 0 aromatic carbocycles. The molecule has 3 nitrogen and oxygen atoms in total. The van der Waals surface area contributed by atoms with Crippen molar-refractivity contribution in [3.8, 4) is 5.82 Å². The third-order valence-electron chi connectivity index (χ3n) is 2.13. The lowest BCUT2D eigenvalue weighted by atomic mass is 10.4. The maximum atomic E-state index is 6.06. The SMILES string of the molecule is Cc1nn(-c2ccc(Br)cn2)c(C)c1Cl. The Bertz CT molecular complexity index is 490. The molecule has 0 bridgehead atoms. The average molecular weight is 287 g/mol. The zero-order valence-corrected chi connectivity index (χ0v) is 10.7. The van der Waals surface area contributed by atoms with E-state index in [2.05, 4.69) is 26.0 Å². The van der Waals surface area contributed by atoms with Gasteiger partial charge in [-0.3, -0.25) is 0 Å². The van der Waals surface area contributed by atoms with Crippen LogP contribution in [0.5, 0.6) is 0 Å². The highest BCUT2D eigenvalue weighted by Gasteiger charge is 2.10. The van der Waals surface area contributed by atoms with E-state index in [9.17, 15) is 0 Å². The molecule has 15 heavy (non-hydrogen) atoms. The van der Waals surface area contributed by atoms with Crippen LogP contribution in [0.15, 0.2) is 22.8 Å². The molecule has 0 N–H and O–H groups in total. The van der Waals surface area contributed by atoms with Crippen molar-refractivity contribution in [2.75, 3.05) is 0 Å². The minimum Gasteiger partial charge on any atom is -0.236 e. The lowest BCUT2D eigenvalue weighted by Crippen LogP contribution is -2.01. The van der Waals surface area contributed by atoms with Crippen LogP contribution in [0.1, 0.15) is 11.4 Å². The summed E-state index contributed by atoms with van der Waals surface area (Å²) in [6, 6.07) is 3.81. The first-order valence-corrected chi connectivity index (χ1v) is 5.60. The van der Waals surface area contributed by atoms with Gasteiger partial charge in [-0.05, 0) is 41.9 Å². The van der Waals surface area contributed by atoms with Gasteiger partial charge in [0.1, 0.15) is 0 Å². The van der Waals surface area contributed by atoms with Crippen molar-refractivity contribution < 1.29 is 0 Å². The standard InChI is InChI=1S/C10H9BrClN3/c1-6-10(12)7(2)15(14-6)9-4-3-8(11)5-13-9/h3-5H,1-2H3. The molecule has 0 unspecified atom stereocenters. The number of aromatic nitrogens is 3. The predicted octanol–water partition coefficient (Wildman–Crippen LogP) is 3.30. The second-order valence-electron chi connectivity index (χ2n) is 3.23. The van der Waals surface area contributed by atoms with Crippen LogP contribution in [0, 0.1) is 13.8 Å². The predicted molar refractivity (Wildman–Crippen MR) is 63.5 cm³/mol. The van der Waals surface area contributed by atoms with E-state index in [1.807, 2.05) is 26.0 Å². The highest BCUT2D eigenvalue weighted by Crippen LogP contribution is 2.21. The van der Waals surface area contributed by atoms with Gasteiger partial charge < -0.3 is 0 Å². The van der Waals surface area contributed by atoms with Gasteiger partial charge in [0.15, 0.2) is 5.82 Å². The van der Waals surface area contributed by atoms with E-state index in [1.165, 1.54) is 0 Å². The molecule has 0 saturated heterocycles. The minimum atomic E-state index is 0.694. The van der Waals surface area contributed by atoms with Crippen LogP contribution in [-0.4, -0.2) is 14.8 Å². The van der Waals surface area contributed by atoms with Crippen LogP contribution >= 0.6 is 27.5 Å². The normalized spacial score (nSPS) is 10.7. The van der Waals surface area contributed by atoms with Crippen LogP contribution in [0.25, 0.3) is 5.82 Å². The quantitative estimate of drug-likeness (QED) is 0.805. The van der Waals surface area contributed by atoms with Crippen LogP contribution < -0.4 is 0 Å². The first kappa shape index (κ1) is 10.6. The molecular formula is C10H9BrClN3. The summed E-state index contributed by atoms with van der Waals surface area (Å²) in [7, 11) is 0. The first-order valence-electron chi connectivity index (χ1n) is 4.43. The van der Waals surface area contributed by atoms with Crippen LogP contribution in [-0.2, 0) is 0 Å². The van der Waals surface area contributed by atoms with E-state index in [0.717, 1.165) is 21.7 Å². The van der Waals surface area contributed by atoms with Crippen molar-refractivity contribution in [1.29, 1.82) is 0 Å². The van der Waals surface area contributed by atoms with Crippen molar-refractivity contribution in [1.82, 2.24) is 14.8 Å². The Labute approximate surface area is 101 Å². The molecule has 2 heterocycles. The summed E-state index contributed by atoms with van der Waals surface area (Å²) in [6.07, 6.45) is 1.74. The fourth-order valence-electron chi connectivity index (χ4n) is 1.34. The van der Waals surface area contributed by atoms with Crippen molar-refractivity contribution in [2.24, 2.45) is 0 Å². The van der Waals surface area contributed by atoms with Gasteiger partial charge in [-0.1, -0.05) is 11.6 Å². The second-order valence-corrected chi connectivity index (χ2v) is 4.52. The Morgan fingerprint density at radius 3 is 2.53 bits per heavy atom. The molecule has 0 aliphatic rings. The lowest BCUT2D eigenvalue weighted by molar-refractivity contribution is 0.805. The Morgan fingerprint density at radius 1 is 1.33 bits per heavy atom. The van der Waals surface area contributed by atoms with Gasteiger partial charge in [-0.25, -0.2) is 9.67 Å². The zero-order chi connectivity index (χ0) is 11.0. The molecule has 0 saturated carbocycles. The second kappa shape index (κ2) is 3.94. The number of pyridine rings is 1. The molecule has 78 valence electrons. The molecule has 0 aliphatic heterocycles. The molecule has 2 rings (SSSR count). The van der Waals surface area contributed by atoms with Crippen LogP contribution in [0.3, 0.4) is 0 Å². The molecule has 5 heteroatoms. The van der Waals surface area contributed by atoms with Crippen molar-refractivity contribution >= 4 is 27.5 Å². The zero-order valence-electron chi connectivity index (χ0n) is 8.33. The lowest BCUT2D eigenvalue weighted by Gasteiger charge is -2.02. The van der Waals surface area contributed by atoms with Gasteiger partial charge in [0.05, 0.1) is 16.4 Å². The largest absolute Gasteiger partial charge is 0.236 e. The van der Waals surface area contributed by atoms with E-state index in [-0.39, 0.29) is 0 Å². The Kier molecular flexibility index (Phi) is 2.80. The fraction of sp³-hybridized carbons (Fsp3) is 0.200. The molecule has 0 aliphatic carbocycles. The Hall–Kier alpha value is -0.870. The van der Waals surface area contributed by atoms with E-state index in [1.54, 1.807) is 10.9 Å². The van der Waals surface area contributed by atoms with E-state index in [4.69, 9.17) is 11.6 Å². The minimum absolute atomic E-state index is 0.694. The molecule has 2 aromatic heterocycles. The van der Waals surface area contributed by atoms with Gasteiger partial charge in [-0.15, -0.1) is 0 Å². The summed E-state index contributed by atoms with van der Waals surface area (Å²) in [4.78, 5) is 4.26. The number of rotatable bonds is 1. The molecule has 0 atom stereocenters. The first-order chi connectivity index (χ1) is 7.09. The van der Waals surface area contributed by atoms with E-state index >= 15 is 0 Å². The monoisotopic (exact) mass is 285 g/mol. The van der Waals surface area contributed by atoms with Crippen LogP contribution in [0.4, 0.5) is 0 Å². The van der Waals surface area contributed by atoms with Gasteiger partial charge in [0.25, 0.3) is 0 Å². The van der Waals surface area contributed by atoms with E-state index in [0.29, 0.717) is 5.02 Å². The number of hydrogen-bond donors (Lipinski definition) is 0. The van der Waals surface area contributed by atoms with Crippen LogP contribution in [0.2, 0.25) is 5.02 Å². The van der Waals surface area contributed by atoms with Gasteiger partial charge in [0.2, 0.25) is 0 Å². The van der Waals surface area contributed by atoms with Crippen molar-refractivity contribution in [3.63, 3.8) is 0 Å². The van der Waals surface area contributed by atoms with E-state index < -0.39 is 0 Å². The third kappa shape index (κ3) is 1.92. The smallest absolute Gasteiger partial charge is 0.153 e. The molecule has 2 aromatic rings. The third-order valence-corrected chi connectivity index (χ3v) is 3.15. The Morgan fingerprint density at radius 2 is 2.07 bits per heavy atom. The summed E-state index contributed by atoms with van der Waals surface area (Å²) < 4.78 is 2.68. The average Bonchev–Trinajstić information content (AvgIpc) is 2.47. The summed E-state index contributed by atoms with van der Waals surface area (Å²) in [5.74, 6) is 0.769. The topological polar surface area (TPSA) is 30.7 Å². The number of halogens is 2. The molecule has 0 fully saturated rings. The van der Waals surface area contributed by atoms with Crippen molar-refractivity contribution in [2.45, 2.75) is 13.8 Å². The van der Waals surface area contributed by atoms with Gasteiger partial charge in [-0.2, -0.15) is 5.10 Å². The highest BCUT2D eigenvalue weighted by atomic mass is 79.9. The highest BCUT2D eigenvalue weighted by molar-refractivity contribution is 9.10. The van der Waals surface area contributed by atoms with Gasteiger partial charge in [0, 0.05) is 10.7 Å². The molecule has 0 radical (unpaired) electrons. The Balaban J connectivity index is 2.54. The number of aryl methyl sites for hydroxylation is 1. The fourth-order valence-corrected chi connectivity index (χ4v) is 1.69. The van der Waals surface area contributed by atoms with Gasteiger partial charge >= 0.3 is 0 Å². The molecular weight excluding hydrogens is 277 g/mol. The summed E-state index contributed by atoms with van der Waals surface area (Å²) in [6.45, 7) is 3.80. The summed E-state index contributed by atoms with van der Waals surface area (Å²) in [5, 5.41) is 5.01. The number of hydrogen-bond acceptors (Lipinski definition) is 2. The maximum absolute atomic E-state index is 6.06. The maximum Gasteiger partial charge on any atom is 0.153 e. The molecule has 0 spiro atoms. The summed E-state index contributed by atoms with van der Waals surface area (Å²) >= 11 is 9.40. The number of nitrogens with zero attached hydrogens (tertiary/aromatic N) is 3. The molecule has 0 amide bonds.